The molecule has 1 aromatic rings. The maximum Gasteiger partial charge on any atom is 0.246 e. The van der Waals surface area contributed by atoms with Crippen molar-refractivity contribution in [1.29, 1.82) is 0 Å². The summed E-state index contributed by atoms with van der Waals surface area (Å²) in [5, 5.41) is 3.22. The molecule has 0 spiro atoms. The third kappa shape index (κ3) is 2.89. The number of benzene rings is 1. The summed E-state index contributed by atoms with van der Waals surface area (Å²) < 4.78 is 37.2. The second-order valence-electron chi connectivity index (χ2n) is 4.74. The fraction of sp³-hybridized carbons (Fsp3) is 0.538. The molecule has 1 saturated heterocycles. The molecule has 6 nitrogen and oxygen atoms in total. The van der Waals surface area contributed by atoms with Gasteiger partial charge in [0.15, 0.2) is 0 Å². The number of rotatable bonds is 4. The predicted octanol–water partition coefficient (Wildman–Crippen LogP) is 0.686. The van der Waals surface area contributed by atoms with E-state index in [9.17, 15) is 8.42 Å². The molecule has 1 atom stereocenters. The van der Waals surface area contributed by atoms with Gasteiger partial charge in [0.1, 0.15) is 16.4 Å². The zero-order valence-corrected chi connectivity index (χ0v) is 12.7. The fourth-order valence-corrected chi connectivity index (χ4v) is 3.94. The first kappa shape index (κ1) is 15.1. The van der Waals surface area contributed by atoms with Gasteiger partial charge in [-0.25, -0.2) is 8.42 Å². The monoisotopic (exact) mass is 300 g/mol. The van der Waals surface area contributed by atoms with Crippen LogP contribution in [-0.2, 0) is 10.0 Å². The summed E-state index contributed by atoms with van der Waals surface area (Å²) in [5.74, 6) is 0.824. The van der Waals surface area contributed by atoms with Crippen LogP contribution in [-0.4, -0.2) is 52.6 Å². The molecule has 0 radical (unpaired) electrons. The molecule has 0 saturated carbocycles. The first-order chi connectivity index (χ1) is 9.48. The summed E-state index contributed by atoms with van der Waals surface area (Å²) in [6.45, 7) is 3.51. The summed E-state index contributed by atoms with van der Waals surface area (Å²) in [5.41, 5.74) is 0. The Balaban J connectivity index is 2.42. The first-order valence-electron chi connectivity index (χ1n) is 6.44. The van der Waals surface area contributed by atoms with E-state index in [4.69, 9.17) is 9.47 Å². The fourth-order valence-electron chi connectivity index (χ4n) is 2.24. The van der Waals surface area contributed by atoms with E-state index in [1.165, 1.54) is 24.6 Å². The summed E-state index contributed by atoms with van der Waals surface area (Å²) in [7, 11) is -0.617. The highest BCUT2D eigenvalue weighted by atomic mass is 32.2. The van der Waals surface area contributed by atoms with E-state index < -0.39 is 10.0 Å². The van der Waals surface area contributed by atoms with Crippen LogP contribution < -0.4 is 14.8 Å². The number of ether oxygens (including phenoxy) is 2. The molecule has 0 amide bonds. The van der Waals surface area contributed by atoms with Gasteiger partial charge >= 0.3 is 0 Å². The van der Waals surface area contributed by atoms with E-state index in [1.807, 2.05) is 6.92 Å². The van der Waals surface area contributed by atoms with Crippen molar-refractivity contribution < 1.29 is 17.9 Å². The SMILES string of the molecule is COc1ccc(OC)c(S(=O)(=O)N2CCNC(C)C2)c1. The zero-order valence-electron chi connectivity index (χ0n) is 11.9. The van der Waals surface area contributed by atoms with Crippen LogP contribution in [0.4, 0.5) is 0 Å². The Morgan fingerprint density at radius 3 is 2.65 bits per heavy atom. The van der Waals surface area contributed by atoms with Gasteiger partial charge in [0.2, 0.25) is 10.0 Å². The van der Waals surface area contributed by atoms with Crippen LogP contribution in [0.2, 0.25) is 0 Å². The van der Waals surface area contributed by atoms with Gasteiger partial charge in [0.05, 0.1) is 14.2 Å². The highest BCUT2D eigenvalue weighted by Crippen LogP contribution is 2.30. The van der Waals surface area contributed by atoms with Gasteiger partial charge in [-0.15, -0.1) is 0 Å². The van der Waals surface area contributed by atoms with Crippen LogP contribution in [0, 0.1) is 0 Å². The quantitative estimate of drug-likeness (QED) is 0.886. The summed E-state index contributed by atoms with van der Waals surface area (Å²) in [6.07, 6.45) is 0. The van der Waals surface area contributed by atoms with E-state index >= 15 is 0 Å². The highest BCUT2D eigenvalue weighted by Gasteiger charge is 2.31. The van der Waals surface area contributed by atoms with E-state index in [-0.39, 0.29) is 10.9 Å². The van der Waals surface area contributed by atoms with Gasteiger partial charge < -0.3 is 14.8 Å². The van der Waals surface area contributed by atoms with Crippen molar-refractivity contribution in [2.45, 2.75) is 17.9 Å². The largest absolute Gasteiger partial charge is 0.497 e. The van der Waals surface area contributed by atoms with Gasteiger partial charge in [-0.1, -0.05) is 0 Å². The normalized spacial score (nSPS) is 20.6. The molecule has 1 N–H and O–H groups in total. The van der Waals surface area contributed by atoms with Crippen LogP contribution in [0.3, 0.4) is 0 Å². The van der Waals surface area contributed by atoms with E-state index in [1.54, 1.807) is 12.1 Å². The lowest BCUT2D eigenvalue weighted by Crippen LogP contribution is -2.51. The molecule has 1 aliphatic rings. The molecule has 2 rings (SSSR count). The van der Waals surface area contributed by atoms with E-state index in [0.717, 1.165) is 0 Å². The Labute approximate surface area is 119 Å². The Bertz CT molecular complexity index is 574. The van der Waals surface area contributed by atoms with Crippen molar-refractivity contribution in [3.63, 3.8) is 0 Å². The summed E-state index contributed by atoms with van der Waals surface area (Å²) >= 11 is 0. The van der Waals surface area contributed by atoms with E-state index in [2.05, 4.69) is 5.32 Å². The van der Waals surface area contributed by atoms with Gasteiger partial charge in [-0.3, -0.25) is 0 Å². The number of hydrogen-bond acceptors (Lipinski definition) is 5. The topological polar surface area (TPSA) is 67.9 Å². The lowest BCUT2D eigenvalue weighted by atomic mass is 10.3. The lowest BCUT2D eigenvalue weighted by Gasteiger charge is -2.31. The Morgan fingerprint density at radius 2 is 2.05 bits per heavy atom. The number of hydrogen-bond donors (Lipinski definition) is 1. The standard InChI is InChI=1S/C13H20N2O4S/c1-10-9-15(7-6-14-10)20(16,17)13-8-11(18-2)4-5-12(13)19-3/h4-5,8,10,14H,6-7,9H2,1-3H3. The molecular weight excluding hydrogens is 280 g/mol. The molecule has 112 valence electrons. The van der Waals surface area contributed by atoms with Crippen molar-refractivity contribution in [3.05, 3.63) is 18.2 Å². The number of methoxy groups -OCH3 is 2. The lowest BCUT2D eigenvalue weighted by molar-refractivity contribution is 0.308. The van der Waals surface area contributed by atoms with Crippen molar-refractivity contribution in [3.8, 4) is 11.5 Å². The number of piperazine rings is 1. The second-order valence-corrected chi connectivity index (χ2v) is 6.64. The van der Waals surface area contributed by atoms with Gasteiger partial charge in [-0.05, 0) is 19.1 Å². The van der Waals surface area contributed by atoms with Crippen LogP contribution in [0.5, 0.6) is 11.5 Å². The third-order valence-electron chi connectivity index (χ3n) is 3.32. The molecule has 0 bridgehead atoms. The van der Waals surface area contributed by atoms with Crippen molar-refractivity contribution in [2.75, 3.05) is 33.9 Å². The van der Waals surface area contributed by atoms with Crippen LogP contribution in [0.15, 0.2) is 23.1 Å². The number of sulfonamides is 1. The second kappa shape index (κ2) is 5.99. The van der Waals surface area contributed by atoms with Crippen molar-refractivity contribution >= 4 is 10.0 Å². The molecule has 20 heavy (non-hydrogen) atoms. The number of nitrogens with one attached hydrogen (secondary N) is 1. The van der Waals surface area contributed by atoms with Gasteiger partial charge in [0.25, 0.3) is 0 Å². The molecule has 1 fully saturated rings. The Morgan fingerprint density at radius 1 is 1.30 bits per heavy atom. The Hall–Kier alpha value is -1.31. The van der Waals surface area contributed by atoms with Crippen LogP contribution in [0.25, 0.3) is 0 Å². The number of nitrogens with zero attached hydrogens (tertiary/aromatic N) is 1. The maximum atomic E-state index is 12.7. The minimum atomic E-state index is -3.58. The van der Waals surface area contributed by atoms with Gasteiger partial charge in [0, 0.05) is 31.7 Å². The average molecular weight is 300 g/mol. The molecule has 7 heteroatoms. The van der Waals surface area contributed by atoms with Crippen LogP contribution in [0.1, 0.15) is 6.92 Å². The predicted molar refractivity (Wildman–Crippen MR) is 75.8 cm³/mol. The molecule has 1 aliphatic heterocycles. The molecule has 1 aromatic carbocycles. The molecule has 0 aromatic heterocycles. The van der Waals surface area contributed by atoms with E-state index in [0.29, 0.717) is 31.1 Å². The zero-order chi connectivity index (χ0) is 14.8. The minimum absolute atomic E-state index is 0.134. The Kier molecular flexibility index (Phi) is 4.52. The third-order valence-corrected chi connectivity index (χ3v) is 5.21. The molecule has 1 unspecified atom stereocenters. The summed E-state index contributed by atoms with van der Waals surface area (Å²) in [4.78, 5) is 0.147. The van der Waals surface area contributed by atoms with Crippen LogP contribution >= 0.6 is 0 Å². The first-order valence-corrected chi connectivity index (χ1v) is 7.88. The maximum absolute atomic E-state index is 12.7. The minimum Gasteiger partial charge on any atom is -0.497 e. The van der Waals surface area contributed by atoms with Crippen molar-refractivity contribution in [2.24, 2.45) is 0 Å². The molecule has 1 heterocycles. The smallest absolute Gasteiger partial charge is 0.246 e. The van der Waals surface area contributed by atoms with Gasteiger partial charge in [-0.2, -0.15) is 4.31 Å². The summed E-state index contributed by atoms with van der Waals surface area (Å²) in [6, 6.07) is 4.92. The molecule has 0 aliphatic carbocycles. The average Bonchev–Trinajstić information content (AvgIpc) is 2.46. The highest BCUT2D eigenvalue weighted by molar-refractivity contribution is 7.89. The molecular formula is C13H20N2O4S. The van der Waals surface area contributed by atoms with Crippen molar-refractivity contribution in [1.82, 2.24) is 9.62 Å².